The van der Waals surface area contributed by atoms with Gasteiger partial charge in [0.25, 0.3) is 5.56 Å². The van der Waals surface area contributed by atoms with Gasteiger partial charge in [-0.2, -0.15) is 9.78 Å². The third kappa shape index (κ3) is 5.30. The first kappa shape index (κ1) is 25.0. The zero-order valence-corrected chi connectivity index (χ0v) is 20.9. The molecule has 3 aromatic rings. The lowest BCUT2D eigenvalue weighted by molar-refractivity contribution is -0.385. The summed E-state index contributed by atoms with van der Waals surface area (Å²) < 4.78 is 12.4. The summed E-state index contributed by atoms with van der Waals surface area (Å²) in [4.78, 5) is 40.4. The first-order chi connectivity index (χ1) is 15.9. The molecule has 2 aromatic carbocycles. The first-order valence-corrected chi connectivity index (χ1v) is 11.1. The van der Waals surface area contributed by atoms with Crippen molar-refractivity contribution in [2.24, 2.45) is 5.10 Å². The number of benzene rings is 2. The van der Waals surface area contributed by atoms with Crippen molar-refractivity contribution >= 4 is 44.7 Å². The molecule has 0 saturated carbocycles. The summed E-state index contributed by atoms with van der Waals surface area (Å²) >= 11 is 3.36. The summed E-state index contributed by atoms with van der Waals surface area (Å²) in [6.07, 6.45) is 1.30. The lowest BCUT2D eigenvalue weighted by Gasteiger charge is -2.20. The zero-order valence-electron chi connectivity index (χ0n) is 19.3. The summed E-state index contributed by atoms with van der Waals surface area (Å²) in [6, 6.07) is 7.85. The Bertz CT molecular complexity index is 1370. The number of carbonyl (C=O) groups is 1. The molecule has 0 aliphatic rings. The summed E-state index contributed by atoms with van der Waals surface area (Å²) in [6.45, 7) is 8.72. The Morgan fingerprint density at radius 2 is 2.00 bits per heavy atom. The van der Waals surface area contributed by atoms with Crippen molar-refractivity contribution in [2.45, 2.75) is 40.0 Å². The molecule has 10 nitrogen and oxygen atoms in total. The number of aromatic nitrogens is 2. The Kier molecular flexibility index (Phi) is 7.15. The van der Waals surface area contributed by atoms with Crippen LogP contribution in [0.25, 0.3) is 10.9 Å². The van der Waals surface area contributed by atoms with Crippen molar-refractivity contribution in [1.29, 1.82) is 0 Å². The normalized spacial score (nSPS) is 11.7. The van der Waals surface area contributed by atoms with Gasteiger partial charge in [-0.25, -0.2) is 4.98 Å². The van der Waals surface area contributed by atoms with Crippen LogP contribution in [0.1, 0.15) is 46.0 Å². The predicted molar refractivity (Wildman–Crippen MR) is 131 cm³/mol. The van der Waals surface area contributed by atoms with E-state index in [1.807, 2.05) is 20.8 Å². The van der Waals surface area contributed by atoms with Crippen LogP contribution in [0.4, 0.5) is 5.69 Å². The highest BCUT2D eigenvalue weighted by Crippen LogP contribution is 2.38. The van der Waals surface area contributed by atoms with Crippen molar-refractivity contribution in [2.75, 3.05) is 6.61 Å². The number of halogens is 1. The maximum atomic E-state index is 13.3. The summed E-state index contributed by atoms with van der Waals surface area (Å²) in [5.41, 5.74) is -0.578. The molecule has 0 fully saturated rings. The molecule has 0 aliphatic heterocycles. The standard InChI is InChI=1S/C23H23BrN4O6/c1-6-33-19-10-14(9-18(28(31)32)20(19)34-13(2)29)12-25-27-21(30)16-11-15(24)7-8-17(16)26-22(27)23(3,4)5/h7-12H,6H2,1-5H3. The van der Waals surface area contributed by atoms with Gasteiger partial charge in [0.1, 0.15) is 5.82 Å². The Morgan fingerprint density at radius 1 is 1.29 bits per heavy atom. The van der Waals surface area contributed by atoms with E-state index in [9.17, 15) is 19.7 Å². The molecule has 178 valence electrons. The molecule has 0 bridgehead atoms. The Hall–Kier alpha value is -3.60. The molecule has 11 heteroatoms. The van der Waals surface area contributed by atoms with Crippen LogP contribution in [0.2, 0.25) is 0 Å². The summed E-state index contributed by atoms with van der Waals surface area (Å²) in [7, 11) is 0. The van der Waals surface area contributed by atoms with Crippen LogP contribution in [0.3, 0.4) is 0 Å². The maximum absolute atomic E-state index is 13.3. The molecule has 1 heterocycles. The number of nitro benzene ring substituents is 1. The predicted octanol–water partition coefficient (Wildman–Crippen LogP) is 4.57. The average Bonchev–Trinajstić information content (AvgIpc) is 2.73. The van der Waals surface area contributed by atoms with Crippen molar-refractivity contribution in [3.05, 3.63) is 66.7 Å². The van der Waals surface area contributed by atoms with Crippen LogP contribution >= 0.6 is 15.9 Å². The van der Waals surface area contributed by atoms with E-state index in [2.05, 4.69) is 26.0 Å². The largest absolute Gasteiger partial charge is 0.490 e. The molecule has 1 aromatic heterocycles. The van der Waals surface area contributed by atoms with Gasteiger partial charge in [-0.1, -0.05) is 36.7 Å². The number of ether oxygens (including phenoxy) is 2. The van der Waals surface area contributed by atoms with Gasteiger partial charge in [-0.15, -0.1) is 0 Å². The minimum Gasteiger partial charge on any atom is -0.490 e. The number of hydrogen-bond acceptors (Lipinski definition) is 8. The highest BCUT2D eigenvalue weighted by molar-refractivity contribution is 9.10. The molecule has 0 unspecified atom stereocenters. The molecule has 0 N–H and O–H groups in total. The lowest BCUT2D eigenvalue weighted by atomic mass is 9.95. The fraction of sp³-hybridized carbons (Fsp3) is 0.304. The van der Waals surface area contributed by atoms with Crippen LogP contribution < -0.4 is 15.0 Å². The monoisotopic (exact) mass is 530 g/mol. The van der Waals surface area contributed by atoms with Crippen molar-refractivity contribution < 1.29 is 19.2 Å². The number of fused-ring (bicyclic) bond motifs is 1. The van der Waals surface area contributed by atoms with Crippen molar-refractivity contribution in [3.8, 4) is 11.5 Å². The van der Waals surface area contributed by atoms with E-state index in [0.717, 1.165) is 11.4 Å². The van der Waals surface area contributed by atoms with Gasteiger partial charge in [0.2, 0.25) is 5.75 Å². The van der Waals surface area contributed by atoms with Crippen LogP contribution in [-0.2, 0) is 10.2 Å². The molecular weight excluding hydrogens is 508 g/mol. The van der Waals surface area contributed by atoms with Crippen molar-refractivity contribution in [3.63, 3.8) is 0 Å². The van der Waals surface area contributed by atoms with E-state index in [1.54, 1.807) is 25.1 Å². The van der Waals surface area contributed by atoms with E-state index >= 15 is 0 Å². The summed E-state index contributed by atoms with van der Waals surface area (Å²) in [5.74, 6) is -0.585. The van der Waals surface area contributed by atoms with Crippen LogP contribution in [0, 0.1) is 10.1 Å². The van der Waals surface area contributed by atoms with E-state index in [0.29, 0.717) is 16.7 Å². The topological polar surface area (TPSA) is 126 Å². The highest BCUT2D eigenvalue weighted by atomic mass is 79.9. The Morgan fingerprint density at radius 3 is 2.59 bits per heavy atom. The van der Waals surface area contributed by atoms with Gasteiger partial charge in [0, 0.05) is 28.4 Å². The molecular formula is C23H23BrN4O6. The zero-order chi connectivity index (χ0) is 25.2. The van der Waals surface area contributed by atoms with Gasteiger partial charge >= 0.3 is 11.7 Å². The number of nitrogens with zero attached hydrogens (tertiary/aromatic N) is 4. The Balaban J connectivity index is 2.23. The summed E-state index contributed by atoms with van der Waals surface area (Å²) in [5, 5.41) is 16.3. The van der Waals surface area contributed by atoms with Crippen LogP contribution in [0.15, 0.2) is 44.7 Å². The second kappa shape index (κ2) is 9.72. The van der Waals surface area contributed by atoms with Gasteiger partial charge in [-0.05, 0) is 31.2 Å². The third-order valence-corrected chi connectivity index (χ3v) is 5.09. The number of nitro groups is 1. The van der Waals surface area contributed by atoms with E-state index in [4.69, 9.17) is 9.47 Å². The number of hydrogen-bond donors (Lipinski definition) is 0. The molecule has 0 saturated heterocycles. The van der Waals surface area contributed by atoms with Gasteiger partial charge in [-0.3, -0.25) is 19.7 Å². The van der Waals surface area contributed by atoms with Crippen LogP contribution in [0.5, 0.6) is 11.5 Å². The van der Waals surface area contributed by atoms with Crippen molar-refractivity contribution in [1.82, 2.24) is 9.66 Å². The first-order valence-electron chi connectivity index (χ1n) is 10.3. The van der Waals surface area contributed by atoms with Gasteiger partial charge in [0.05, 0.1) is 28.6 Å². The van der Waals surface area contributed by atoms with Gasteiger partial charge in [0.15, 0.2) is 5.75 Å². The van der Waals surface area contributed by atoms with E-state index in [-0.39, 0.29) is 29.2 Å². The van der Waals surface area contributed by atoms with Crippen LogP contribution in [-0.4, -0.2) is 33.4 Å². The minimum absolute atomic E-state index is 0.0114. The second-order valence-electron chi connectivity index (χ2n) is 8.36. The molecule has 0 spiro atoms. The average molecular weight is 531 g/mol. The fourth-order valence-electron chi connectivity index (χ4n) is 3.19. The second-order valence-corrected chi connectivity index (χ2v) is 9.28. The highest BCUT2D eigenvalue weighted by Gasteiger charge is 2.25. The minimum atomic E-state index is -0.722. The number of carbonyl (C=O) groups excluding carboxylic acids is 1. The third-order valence-electron chi connectivity index (χ3n) is 4.60. The maximum Gasteiger partial charge on any atom is 0.316 e. The number of rotatable bonds is 6. The number of esters is 1. The molecule has 0 atom stereocenters. The molecule has 0 aliphatic carbocycles. The fourth-order valence-corrected chi connectivity index (χ4v) is 3.55. The smallest absolute Gasteiger partial charge is 0.316 e. The quantitative estimate of drug-likeness (QED) is 0.150. The molecule has 3 rings (SSSR count). The molecule has 34 heavy (non-hydrogen) atoms. The Labute approximate surface area is 203 Å². The SMILES string of the molecule is CCOc1cc(C=Nn2c(C(C)(C)C)nc3ccc(Br)cc3c2=O)cc([N+](=O)[O-])c1OC(C)=O. The lowest BCUT2D eigenvalue weighted by Crippen LogP contribution is -2.29. The molecule has 0 radical (unpaired) electrons. The van der Waals surface area contributed by atoms with Gasteiger partial charge < -0.3 is 9.47 Å². The molecule has 0 amide bonds. The van der Waals surface area contributed by atoms with E-state index < -0.39 is 22.0 Å². The van der Waals surface area contributed by atoms with E-state index in [1.165, 1.54) is 23.0 Å².